The van der Waals surface area contributed by atoms with Gasteiger partial charge < -0.3 is 10.5 Å². The van der Waals surface area contributed by atoms with Crippen molar-refractivity contribution in [3.8, 4) is 5.75 Å². The predicted octanol–water partition coefficient (Wildman–Crippen LogP) is 2.82. The highest BCUT2D eigenvalue weighted by molar-refractivity contribution is 5.31. The Bertz CT molecular complexity index is 407. The van der Waals surface area contributed by atoms with Crippen LogP contribution in [0.2, 0.25) is 0 Å². The molecule has 3 atom stereocenters. The summed E-state index contributed by atoms with van der Waals surface area (Å²) < 4.78 is 5.34. The van der Waals surface area contributed by atoms with Crippen LogP contribution in [0.15, 0.2) is 24.3 Å². The van der Waals surface area contributed by atoms with Crippen LogP contribution in [-0.4, -0.2) is 31.1 Å². The summed E-state index contributed by atoms with van der Waals surface area (Å²) in [5, 5.41) is 0. The Morgan fingerprint density at radius 3 is 2.84 bits per heavy atom. The summed E-state index contributed by atoms with van der Waals surface area (Å²) in [7, 11) is 1.71. The van der Waals surface area contributed by atoms with Crippen LogP contribution in [0, 0.1) is 5.92 Å². The number of ether oxygens (including phenoxy) is 1. The molecule has 1 saturated heterocycles. The third-order valence-electron chi connectivity index (χ3n) is 4.16. The summed E-state index contributed by atoms with van der Waals surface area (Å²) in [5.41, 5.74) is 7.66. The van der Waals surface area contributed by atoms with Crippen LogP contribution in [0.25, 0.3) is 0 Å². The molecule has 3 unspecified atom stereocenters. The molecule has 19 heavy (non-hydrogen) atoms. The predicted molar refractivity (Wildman–Crippen MR) is 79.4 cm³/mol. The second kappa shape index (κ2) is 6.40. The Balaban J connectivity index is 2.26. The van der Waals surface area contributed by atoms with Crippen LogP contribution in [0.1, 0.15) is 38.3 Å². The first-order valence-electron chi connectivity index (χ1n) is 7.29. The van der Waals surface area contributed by atoms with Gasteiger partial charge in [0, 0.05) is 12.6 Å². The molecule has 1 aromatic rings. The number of likely N-dealkylation sites (tertiary alicyclic amines) is 1. The Labute approximate surface area is 116 Å². The van der Waals surface area contributed by atoms with E-state index in [1.807, 2.05) is 6.07 Å². The molecular weight excluding hydrogens is 236 g/mol. The van der Waals surface area contributed by atoms with Crippen molar-refractivity contribution >= 4 is 0 Å². The third kappa shape index (κ3) is 3.28. The molecule has 0 aromatic heterocycles. The normalized spacial score (nSPS) is 23.3. The Morgan fingerprint density at radius 2 is 2.26 bits per heavy atom. The molecule has 0 saturated carbocycles. The van der Waals surface area contributed by atoms with Crippen molar-refractivity contribution in [3.05, 3.63) is 29.8 Å². The molecule has 3 heteroatoms. The summed E-state index contributed by atoms with van der Waals surface area (Å²) in [6, 6.07) is 8.84. The smallest absolute Gasteiger partial charge is 0.119 e. The summed E-state index contributed by atoms with van der Waals surface area (Å²) in [6.07, 6.45) is 2.27. The van der Waals surface area contributed by atoms with Crippen LogP contribution < -0.4 is 10.5 Å². The standard InChI is InChI=1S/C16H26N2O/c1-4-15(17)16(18-9-8-12(2)11-18)13-6-5-7-14(10-13)19-3/h5-7,10,12,15-16H,4,8-9,11,17H2,1-3H3. The number of hydrogen-bond donors (Lipinski definition) is 1. The molecular formula is C16H26N2O. The fourth-order valence-corrected chi connectivity index (χ4v) is 3.00. The molecule has 0 radical (unpaired) electrons. The Hall–Kier alpha value is -1.06. The van der Waals surface area contributed by atoms with Gasteiger partial charge in [0.25, 0.3) is 0 Å². The van der Waals surface area contributed by atoms with Crippen molar-refractivity contribution in [3.63, 3.8) is 0 Å². The second-order valence-electron chi connectivity index (χ2n) is 5.68. The molecule has 106 valence electrons. The fraction of sp³-hybridized carbons (Fsp3) is 0.625. The quantitative estimate of drug-likeness (QED) is 0.887. The molecule has 1 aromatic carbocycles. The number of nitrogens with zero attached hydrogens (tertiary/aromatic N) is 1. The van der Waals surface area contributed by atoms with E-state index < -0.39 is 0 Å². The highest BCUT2D eigenvalue weighted by atomic mass is 16.5. The van der Waals surface area contributed by atoms with Crippen molar-refractivity contribution in [2.45, 2.75) is 38.8 Å². The van der Waals surface area contributed by atoms with Crippen molar-refractivity contribution in [1.82, 2.24) is 4.90 Å². The Morgan fingerprint density at radius 1 is 1.47 bits per heavy atom. The molecule has 2 rings (SSSR count). The van der Waals surface area contributed by atoms with Crippen molar-refractivity contribution in [2.75, 3.05) is 20.2 Å². The van der Waals surface area contributed by atoms with Gasteiger partial charge in [0.15, 0.2) is 0 Å². The van der Waals surface area contributed by atoms with Gasteiger partial charge in [-0.25, -0.2) is 0 Å². The Kier molecular flexibility index (Phi) is 4.83. The first-order valence-corrected chi connectivity index (χ1v) is 7.29. The van der Waals surface area contributed by atoms with E-state index in [0.717, 1.165) is 31.2 Å². The average Bonchev–Trinajstić information content (AvgIpc) is 2.85. The van der Waals surface area contributed by atoms with E-state index in [1.54, 1.807) is 7.11 Å². The number of methoxy groups -OCH3 is 1. The minimum atomic E-state index is 0.178. The molecule has 2 N–H and O–H groups in total. The highest BCUT2D eigenvalue weighted by Gasteiger charge is 2.30. The van der Waals surface area contributed by atoms with Gasteiger partial charge in [-0.2, -0.15) is 0 Å². The summed E-state index contributed by atoms with van der Waals surface area (Å²) in [4.78, 5) is 2.54. The molecule has 0 aliphatic carbocycles. The minimum absolute atomic E-state index is 0.178. The lowest BCUT2D eigenvalue weighted by Gasteiger charge is -2.32. The van der Waals surface area contributed by atoms with Gasteiger partial charge in [0.2, 0.25) is 0 Å². The summed E-state index contributed by atoms with van der Waals surface area (Å²) in [5.74, 6) is 1.69. The average molecular weight is 262 g/mol. The first kappa shape index (κ1) is 14.4. The van der Waals surface area contributed by atoms with E-state index in [-0.39, 0.29) is 6.04 Å². The van der Waals surface area contributed by atoms with E-state index in [1.165, 1.54) is 12.0 Å². The maximum atomic E-state index is 6.38. The van der Waals surface area contributed by atoms with Gasteiger partial charge in [0.1, 0.15) is 5.75 Å². The summed E-state index contributed by atoms with van der Waals surface area (Å²) >= 11 is 0. The van der Waals surface area contributed by atoms with Gasteiger partial charge >= 0.3 is 0 Å². The second-order valence-corrected chi connectivity index (χ2v) is 5.68. The lowest BCUT2D eigenvalue weighted by Crippen LogP contribution is -2.39. The maximum Gasteiger partial charge on any atom is 0.119 e. The summed E-state index contributed by atoms with van der Waals surface area (Å²) in [6.45, 7) is 6.78. The molecule has 1 aliphatic heterocycles. The van der Waals surface area contributed by atoms with Crippen LogP contribution in [-0.2, 0) is 0 Å². The maximum absolute atomic E-state index is 6.38. The number of rotatable bonds is 5. The van der Waals surface area contributed by atoms with Crippen LogP contribution in [0.5, 0.6) is 5.75 Å². The SMILES string of the molecule is CCC(N)C(c1cccc(OC)c1)N1CCC(C)C1. The van der Waals surface area contributed by atoms with Gasteiger partial charge in [-0.05, 0) is 43.0 Å². The van der Waals surface area contributed by atoms with E-state index in [9.17, 15) is 0 Å². The topological polar surface area (TPSA) is 38.5 Å². The van der Waals surface area contributed by atoms with E-state index in [2.05, 4.69) is 36.9 Å². The molecule has 0 bridgehead atoms. The zero-order valence-corrected chi connectivity index (χ0v) is 12.3. The zero-order chi connectivity index (χ0) is 13.8. The van der Waals surface area contributed by atoms with E-state index >= 15 is 0 Å². The van der Waals surface area contributed by atoms with Crippen molar-refractivity contribution in [2.24, 2.45) is 11.7 Å². The van der Waals surface area contributed by atoms with Crippen LogP contribution in [0.4, 0.5) is 0 Å². The number of benzene rings is 1. The van der Waals surface area contributed by atoms with Gasteiger partial charge in [0.05, 0.1) is 13.2 Å². The van der Waals surface area contributed by atoms with Crippen LogP contribution in [0.3, 0.4) is 0 Å². The van der Waals surface area contributed by atoms with Crippen molar-refractivity contribution in [1.29, 1.82) is 0 Å². The van der Waals surface area contributed by atoms with Gasteiger partial charge in [-0.3, -0.25) is 4.90 Å². The van der Waals surface area contributed by atoms with Crippen LogP contribution >= 0.6 is 0 Å². The van der Waals surface area contributed by atoms with Crippen molar-refractivity contribution < 1.29 is 4.74 Å². The monoisotopic (exact) mass is 262 g/mol. The first-order chi connectivity index (χ1) is 9.15. The molecule has 3 nitrogen and oxygen atoms in total. The molecule has 0 spiro atoms. The molecule has 1 fully saturated rings. The van der Waals surface area contributed by atoms with E-state index in [4.69, 9.17) is 10.5 Å². The third-order valence-corrected chi connectivity index (χ3v) is 4.16. The number of nitrogens with two attached hydrogens (primary N) is 1. The van der Waals surface area contributed by atoms with Gasteiger partial charge in [-0.15, -0.1) is 0 Å². The largest absolute Gasteiger partial charge is 0.497 e. The van der Waals surface area contributed by atoms with E-state index in [0.29, 0.717) is 6.04 Å². The number of hydrogen-bond acceptors (Lipinski definition) is 3. The molecule has 1 aliphatic rings. The fourth-order valence-electron chi connectivity index (χ4n) is 3.00. The molecule has 1 heterocycles. The zero-order valence-electron chi connectivity index (χ0n) is 12.3. The lowest BCUT2D eigenvalue weighted by atomic mass is 9.96. The highest BCUT2D eigenvalue weighted by Crippen LogP contribution is 2.32. The minimum Gasteiger partial charge on any atom is -0.497 e. The lowest BCUT2D eigenvalue weighted by molar-refractivity contribution is 0.203. The van der Waals surface area contributed by atoms with Gasteiger partial charge in [-0.1, -0.05) is 26.0 Å². The molecule has 0 amide bonds.